The van der Waals surface area contributed by atoms with Gasteiger partial charge < -0.3 is 5.32 Å². The molecule has 0 aliphatic heterocycles. The lowest BCUT2D eigenvalue weighted by Crippen LogP contribution is -2.38. The Morgan fingerprint density at radius 3 is 2.35 bits per heavy atom. The number of rotatable bonds is 8. The maximum Gasteiger partial charge on any atom is 0.232 e. The van der Waals surface area contributed by atoms with E-state index >= 15 is 0 Å². The van der Waals surface area contributed by atoms with Gasteiger partial charge >= 0.3 is 0 Å². The minimum atomic E-state index is -3.42. The standard InChI is InChI=1S/C20H26N2O3S/c1-16-9-11-19(15-17(16)2)22(26(3,24)25)14-13-21-20(23)12-10-18-7-5-4-6-8-18/h4-9,11,15H,10,12-14H2,1-3H3,(H,21,23). The third kappa shape index (κ3) is 5.88. The molecule has 0 bridgehead atoms. The summed E-state index contributed by atoms with van der Waals surface area (Å²) < 4.78 is 25.6. The second-order valence-electron chi connectivity index (χ2n) is 6.44. The summed E-state index contributed by atoms with van der Waals surface area (Å²) in [6.07, 6.45) is 2.23. The first-order valence-corrected chi connectivity index (χ1v) is 10.5. The number of hydrogen-bond acceptors (Lipinski definition) is 3. The quantitative estimate of drug-likeness (QED) is 0.773. The molecule has 2 aromatic carbocycles. The number of benzene rings is 2. The van der Waals surface area contributed by atoms with Gasteiger partial charge in [-0.25, -0.2) is 8.42 Å². The molecular weight excluding hydrogens is 348 g/mol. The van der Waals surface area contributed by atoms with Crippen LogP contribution in [-0.4, -0.2) is 33.7 Å². The highest BCUT2D eigenvalue weighted by atomic mass is 32.2. The van der Waals surface area contributed by atoms with Gasteiger partial charge in [-0.3, -0.25) is 9.10 Å². The van der Waals surface area contributed by atoms with Crippen LogP contribution in [0.5, 0.6) is 0 Å². The Balaban J connectivity index is 1.91. The van der Waals surface area contributed by atoms with E-state index in [0.29, 0.717) is 18.5 Å². The van der Waals surface area contributed by atoms with Crippen LogP contribution in [0.2, 0.25) is 0 Å². The van der Waals surface area contributed by atoms with Crippen LogP contribution < -0.4 is 9.62 Å². The topological polar surface area (TPSA) is 66.5 Å². The predicted molar refractivity (Wildman–Crippen MR) is 106 cm³/mol. The van der Waals surface area contributed by atoms with Gasteiger partial charge in [0.2, 0.25) is 15.9 Å². The number of aryl methyl sites for hydroxylation is 3. The van der Waals surface area contributed by atoms with Crippen LogP contribution in [0.1, 0.15) is 23.1 Å². The molecule has 0 radical (unpaired) electrons. The molecule has 0 atom stereocenters. The first-order chi connectivity index (χ1) is 12.3. The number of carbonyl (C=O) groups is 1. The molecule has 2 rings (SSSR count). The van der Waals surface area contributed by atoms with Crippen LogP contribution in [0, 0.1) is 13.8 Å². The summed E-state index contributed by atoms with van der Waals surface area (Å²) in [7, 11) is -3.42. The summed E-state index contributed by atoms with van der Waals surface area (Å²) in [6, 6.07) is 15.4. The van der Waals surface area contributed by atoms with Gasteiger partial charge in [-0.1, -0.05) is 36.4 Å². The number of hydrogen-bond donors (Lipinski definition) is 1. The summed E-state index contributed by atoms with van der Waals surface area (Å²) in [6.45, 7) is 4.41. The van der Waals surface area contributed by atoms with E-state index in [1.807, 2.05) is 56.3 Å². The SMILES string of the molecule is Cc1ccc(N(CCNC(=O)CCc2ccccc2)S(C)(=O)=O)cc1C. The largest absolute Gasteiger partial charge is 0.354 e. The van der Waals surface area contributed by atoms with Gasteiger partial charge in [0.05, 0.1) is 18.5 Å². The molecule has 1 N–H and O–H groups in total. The molecule has 0 unspecified atom stereocenters. The predicted octanol–water partition coefficient (Wildman–Crippen LogP) is 2.82. The fraction of sp³-hybridized carbons (Fsp3) is 0.350. The number of nitrogens with one attached hydrogen (secondary N) is 1. The molecule has 6 heteroatoms. The van der Waals surface area contributed by atoms with Gasteiger partial charge in [0.25, 0.3) is 0 Å². The summed E-state index contributed by atoms with van der Waals surface area (Å²) >= 11 is 0. The third-order valence-corrected chi connectivity index (χ3v) is 5.49. The van der Waals surface area contributed by atoms with Gasteiger partial charge in [-0.2, -0.15) is 0 Å². The molecule has 0 saturated carbocycles. The average Bonchev–Trinajstić information content (AvgIpc) is 2.59. The van der Waals surface area contributed by atoms with E-state index in [9.17, 15) is 13.2 Å². The summed E-state index contributed by atoms with van der Waals surface area (Å²) in [5.74, 6) is -0.0811. The summed E-state index contributed by atoms with van der Waals surface area (Å²) in [5.41, 5.74) is 3.86. The van der Waals surface area contributed by atoms with Gasteiger partial charge in [0.15, 0.2) is 0 Å². The van der Waals surface area contributed by atoms with Crippen molar-refractivity contribution in [1.29, 1.82) is 0 Å². The van der Waals surface area contributed by atoms with Crippen molar-refractivity contribution in [2.24, 2.45) is 0 Å². The first kappa shape index (κ1) is 20.0. The van der Waals surface area contributed by atoms with Crippen LogP contribution in [0.4, 0.5) is 5.69 Å². The Kier molecular flexibility index (Phi) is 6.80. The number of anilines is 1. The number of carbonyl (C=O) groups excluding carboxylic acids is 1. The van der Waals surface area contributed by atoms with Crippen molar-refractivity contribution in [3.05, 3.63) is 65.2 Å². The Hall–Kier alpha value is -2.34. The minimum absolute atomic E-state index is 0.0811. The van der Waals surface area contributed by atoms with E-state index in [-0.39, 0.29) is 19.0 Å². The van der Waals surface area contributed by atoms with Crippen molar-refractivity contribution in [1.82, 2.24) is 5.32 Å². The molecule has 26 heavy (non-hydrogen) atoms. The molecule has 2 aromatic rings. The molecule has 0 spiro atoms. The second-order valence-corrected chi connectivity index (χ2v) is 8.35. The monoisotopic (exact) mass is 374 g/mol. The highest BCUT2D eigenvalue weighted by Gasteiger charge is 2.17. The van der Waals surface area contributed by atoms with E-state index in [2.05, 4.69) is 5.32 Å². The molecule has 1 amide bonds. The van der Waals surface area contributed by atoms with E-state index in [4.69, 9.17) is 0 Å². The minimum Gasteiger partial charge on any atom is -0.354 e. The van der Waals surface area contributed by atoms with Crippen molar-refractivity contribution in [2.75, 3.05) is 23.7 Å². The zero-order valence-electron chi connectivity index (χ0n) is 15.5. The second kappa shape index (κ2) is 8.85. The zero-order valence-corrected chi connectivity index (χ0v) is 16.3. The summed E-state index contributed by atoms with van der Waals surface area (Å²) in [5, 5.41) is 2.81. The van der Waals surface area contributed by atoms with Crippen molar-refractivity contribution < 1.29 is 13.2 Å². The number of sulfonamides is 1. The highest BCUT2D eigenvalue weighted by Crippen LogP contribution is 2.20. The Morgan fingerprint density at radius 1 is 1.04 bits per heavy atom. The lowest BCUT2D eigenvalue weighted by atomic mass is 10.1. The molecule has 0 aliphatic carbocycles. The summed E-state index contributed by atoms with van der Waals surface area (Å²) in [4.78, 5) is 12.0. The highest BCUT2D eigenvalue weighted by molar-refractivity contribution is 7.92. The van der Waals surface area contributed by atoms with Gasteiger partial charge in [0.1, 0.15) is 0 Å². The van der Waals surface area contributed by atoms with Gasteiger partial charge in [-0.15, -0.1) is 0 Å². The van der Waals surface area contributed by atoms with E-state index < -0.39 is 10.0 Å². The van der Waals surface area contributed by atoms with E-state index in [1.54, 1.807) is 6.07 Å². The smallest absolute Gasteiger partial charge is 0.232 e. The van der Waals surface area contributed by atoms with Crippen LogP contribution in [0.15, 0.2) is 48.5 Å². The van der Waals surface area contributed by atoms with E-state index in [1.165, 1.54) is 10.6 Å². The molecule has 0 aliphatic rings. The number of nitrogens with zero attached hydrogens (tertiary/aromatic N) is 1. The van der Waals surface area contributed by atoms with Crippen molar-refractivity contribution in [2.45, 2.75) is 26.7 Å². The van der Waals surface area contributed by atoms with Crippen molar-refractivity contribution in [3.8, 4) is 0 Å². The third-order valence-electron chi connectivity index (χ3n) is 4.30. The average molecular weight is 375 g/mol. The first-order valence-electron chi connectivity index (χ1n) is 8.63. The molecule has 140 valence electrons. The molecule has 0 heterocycles. The van der Waals surface area contributed by atoms with Gasteiger partial charge in [-0.05, 0) is 49.1 Å². The van der Waals surface area contributed by atoms with Crippen LogP contribution in [-0.2, 0) is 21.2 Å². The van der Waals surface area contributed by atoms with Crippen LogP contribution >= 0.6 is 0 Å². The van der Waals surface area contributed by atoms with Crippen LogP contribution in [0.25, 0.3) is 0 Å². The maximum atomic E-state index is 12.1. The zero-order chi connectivity index (χ0) is 19.2. The molecule has 5 nitrogen and oxygen atoms in total. The van der Waals surface area contributed by atoms with Crippen molar-refractivity contribution >= 4 is 21.6 Å². The molecular formula is C20H26N2O3S. The van der Waals surface area contributed by atoms with Crippen LogP contribution in [0.3, 0.4) is 0 Å². The van der Waals surface area contributed by atoms with Gasteiger partial charge in [0, 0.05) is 13.0 Å². The lowest BCUT2D eigenvalue weighted by molar-refractivity contribution is -0.120. The molecule has 0 aromatic heterocycles. The van der Waals surface area contributed by atoms with Crippen molar-refractivity contribution in [3.63, 3.8) is 0 Å². The number of amides is 1. The fourth-order valence-electron chi connectivity index (χ4n) is 2.65. The Bertz CT molecular complexity index is 849. The lowest BCUT2D eigenvalue weighted by Gasteiger charge is -2.23. The van der Waals surface area contributed by atoms with E-state index in [0.717, 1.165) is 16.7 Å². The molecule has 0 fully saturated rings. The normalized spacial score (nSPS) is 11.2. The Morgan fingerprint density at radius 2 is 1.73 bits per heavy atom. The maximum absolute atomic E-state index is 12.1. The Labute approximate surface area is 156 Å². The molecule has 0 saturated heterocycles. The fourth-order valence-corrected chi connectivity index (χ4v) is 3.57.